The minimum Gasteiger partial charge on any atom is -0.497 e. The minimum atomic E-state index is -0.150. The summed E-state index contributed by atoms with van der Waals surface area (Å²) in [5.74, 6) is 0.387. The van der Waals surface area contributed by atoms with Crippen molar-refractivity contribution in [2.24, 2.45) is 5.92 Å². The predicted octanol–water partition coefficient (Wildman–Crippen LogP) is 1.91. The van der Waals surface area contributed by atoms with Gasteiger partial charge in [0.25, 0.3) is 0 Å². The maximum absolute atomic E-state index is 12.1. The molecule has 1 heterocycles. The number of piperidine rings is 1. The molecule has 0 saturated carbocycles. The van der Waals surface area contributed by atoms with E-state index in [-0.39, 0.29) is 24.2 Å². The molecule has 0 bridgehead atoms. The van der Waals surface area contributed by atoms with Gasteiger partial charge in [0, 0.05) is 13.1 Å². The zero-order valence-electron chi connectivity index (χ0n) is 14.6. The fourth-order valence-electron chi connectivity index (χ4n) is 2.75. The van der Waals surface area contributed by atoms with E-state index in [9.17, 15) is 9.59 Å². The van der Waals surface area contributed by atoms with Crippen molar-refractivity contribution in [2.75, 3.05) is 26.8 Å². The van der Waals surface area contributed by atoms with Crippen LogP contribution in [0, 0.1) is 5.92 Å². The van der Waals surface area contributed by atoms with Gasteiger partial charge in [0.15, 0.2) is 5.11 Å². The van der Waals surface area contributed by atoms with Crippen LogP contribution in [-0.2, 0) is 20.7 Å². The fourth-order valence-corrected chi connectivity index (χ4v) is 3.05. The molecule has 1 amide bonds. The molecule has 0 spiro atoms. The molecule has 25 heavy (non-hydrogen) atoms. The Balaban J connectivity index is 1.77. The van der Waals surface area contributed by atoms with Crippen LogP contribution in [0.1, 0.15) is 25.3 Å². The summed E-state index contributed by atoms with van der Waals surface area (Å²) >= 11 is 5.32. The monoisotopic (exact) mass is 364 g/mol. The summed E-state index contributed by atoms with van der Waals surface area (Å²) in [6.45, 7) is 3.50. The number of amides is 1. The molecule has 0 unspecified atom stereocenters. The van der Waals surface area contributed by atoms with Crippen LogP contribution in [-0.4, -0.2) is 48.7 Å². The summed E-state index contributed by atoms with van der Waals surface area (Å²) in [6.07, 6.45) is 1.63. The highest BCUT2D eigenvalue weighted by molar-refractivity contribution is 7.80. The molecule has 2 rings (SSSR count). The van der Waals surface area contributed by atoms with Crippen LogP contribution in [0.5, 0.6) is 5.75 Å². The van der Waals surface area contributed by atoms with Crippen LogP contribution in [0.15, 0.2) is 24.3 Å². The number of nitrogens with zero attached hydrogens (tertiary/aromatic N) is 1. The number of benzene rings is 1. The first kappa shape index (κ1) is 19.2. The number of ether oxygens (including phenoxy) is 2. The van der Waals surface area contributed by atoms with Crippen molar-refractivity contribution in [2.45, 2.75) is 26.2 Å². The molecule has 1 aromatic rings. The topological polar surface area (TPSA) is 67.9 Å². The van der Waals surface area contributed by atoms with Gasteiger partial charge in [-0.25, -0.2) is 0 Å². The quantitative estimate of drug-likeness (QED) is 0.636. The minimum absolute atomic E-state index is 0.0750. The van der Waals surface area contributed by atoms with Crippen molar-refractivity contribution in [1.29, 1.82) is 0 Å². The number of hydrogen-bond acceptors (Lipinski definition) is 5. The van der Waals surface area contributed by atoms with Crippen LogP contribution in [0.25, 0.3) is 0 Å². The second kappa shape index (κ2) is 9.36. The maximum atomic E-state index is 12.1. The predicted molar refractivity (Wildman–Crippen MR) is 98.4 cm³/mol. The van der Waals surface area contributed by atoms with Gasteiger partial charge in [-0.1, -0.05) is 12.1 Å². The zero-order valence-corrected chi connectivity index (χ0v) is 15.4. The zero-order chi connectivity index (χ0) is 18.2. The highest BCUT2D eigenvalue weighted by Crippen LogP contribution is 2.19. The number of nitrogens with one attached hydrogen (secondary N) is 1. The Kier molecular flexibility index (Phi) is 7.18. The number of hydrogen-bond donors (Lipinski definition) is 1. The molecular formula is C18H24N2O4S. The molecule has 7 heteroatoms. The first-order valence-electron chi connectivity index (χ1n) is 8.41. The number of methoxy groups -OCH3 is 1. The molecule has 1 aromatic carbocycles. The number of esters is 1. The van der Waals surface area contributed by atoms with Gasteiger partial charge < -0.3 is 19.7 Å². The van der Waals surface area contributed by atoms with E-state index in [1.807, 2.05) is 29.2 Å². The lowest BCUT2D eigenvalue weighted by Gasteiger charge is -2.32. The molecular weight excluding hydrogens is 340 g/mol. The Hall–Kier alpha value is -2.15. The van der Waals surface area contributed by atoms with Gasteiger partial charge in [-0.05, 0) is 49.7 Å². The fraction of sp³-hybridized carbons (Fsp3) is 0.500. The molecule has 0 aliphatic carbocycles. The van der Waals surface area contributed by atoms with Gasteiger partial charge in [-0.15, -0.1) is 0 Å². The Morgan fingerprint density at radius 1 is 1.24 bits per heavy atom. The summed E-state index contributed by atoms with van der Waals surface area (Å²) in [5.41, 5.74) is 0.891. The number of rotatable bonds is 5. The molecule has 6 nitrogen and oxygen atoms in total. The van der Waals surface area contributed by atoms with E-state index in [1.54, 1.807) is 14.0 Å². The lowest BCUT2D eigenvalue weighted by Crippen LogP contribution is -2.47. The molecule has 1 aliphatic heterocycles. The molecule has 136 valence electrons. The highest BCUT2D eigenvalue weighted by atomic mass is 32.1. The molecule has 1 fully saturated rings. The van der Waals surface area contributed by atoms with E-state index in [1.165, 1.54) is 0 Å². The molecule has 0 atom stereocenters. The average Bonchev–Trinajstić information content (AvgIpc) is 2.62. The van der Waals surface area contributed by atoms with Crippen LogP contribution in [0.3, 0.4) is 0 Å². The number of likely N-dealkylation sites (tertiary alicyclic amines) is 1. The Bertz CT molecular complexity index is 610. The van der Waals surface area contributed by atoms with E-state index >= 15 is 0 Å². The van der Waals surface area contributed by atoms with Gasteiger partial charge in [-0.3, -0.25) is 9.59 Å². The molecule has 0 radical (unpaired) electrons. The summed E-state index contributed by atoms with van der Waals surface area (Å²) in [5, 5.41) is 3.18. The Labute approximate surface area is 153 Å². The van der Waals surface area contributed by atoms with Crippen LogP contribution < -0.4 is 10.1 Å². The van der Waals surface area contributed by atoms with Crippen LogP contribution in [0.2, 0.25) is 0 Å². The maximum Gasteiger partial charge on any atom is 0.309 e. The largest absolute Gasteiger partial charge is 0.497 e. The van der Waals surface area contributed by atoms with Gasteiger partial charge in [-0.2, -0.15) is 0 Å². The standard InChI is InChI=1S/C18H24N2O4S/c1-3-24-17(22)14-8-10-20(11-9-14)18(25)19-16(21)12-13-4-6-15(23-2)7-5-13/h4-7,14H,3,8-12H2,1-2H3,(H,19,21,25). The highest BCUT2D eigenvalue weighted by Gasteiger charge is 2.27. The van der Waals surface area contributed by atoms with Gasteiger partial charge in [0.2, 0.25) is 5.91 Å². The van der Waals surface area contributed by atoms with Crippen molar-refractivity contribution in [3.05, 3.63) is 29.8 Å². The normalized spacial score (nSPS) is 14.7. The van der Waals surface area contributed by atoms with E-state index in [0.29, 0.717) is 37.7 Å². The summed E-state index contributed by atoms with van der Waals surface area (Å²) in [6, 6.07) is 7.35. The van der Waals surface area contributed by atoms with Crippen LogP contribution >= 0.6 is 12.2 Å². The average molecular weight is 364 g/mol. The second-order valence-corrected chi connectivity index (χ2v) is 6.28. The second-order valence-electron chi connectivity index (χ2n) is 5.89. The smallest absolute Gasteiger partial charge is 0.309 e. The number of carbonyl (C=O) groups is 2. The van der Waals surface area contributed by atoms with Gasteiger partial charge in [0.05, 0.1) is 26.1 Å². The third kappa shape index (κ3) is 5.70. The van der Waals surface area contributed by atoms with Gasteiger partial charge >= 0.3 is 5.97 Å². The van der Waals surface area contributed by atoms with Crippen molar-refractivity contribution < 1.29 is 19.1 Å². The summed E-state index contributed by atoms with van der Waals surface area (Å²) in [7, 11) is 1.60. The molecule has 1 saturated heterocycles. The Morgan fingerprint density at radius 2 is 1.88 bits per heavy atom. The third-order valence-corrected chi connectivity index (χ3v) is 4.53. The molecule has 0 aromatic heterocycles. The van der Waals surface area contributed by atoms with Crippen molar-refractivity contribution in [1.82, 2.24) is 10.2 Å². The van der Waals surface area contributed by atoms with Crippen LogP contribution in [0.4, 0.5) is 0 Å². The van der Waals surface area contributed by atoms with E-state index < -0.39 is 0 Å². The summed E-state index contributed by atoms with van der Waals surface area (Å²) < 4.78 is 10.2. The number of carbonyl (C=O) groups excluding carboxylic acids is 2. The van der Waals surface area contributed by atoms with Crippen molar-refractivity contribution in [3.8, 4) is 5.75 Å². The van der Waals surface area contributed by atoms with E-state index in [2.05, 4.69) is 5.32 Å². The number of thiocarbonyl (C=S) groups is 1. The molecule has 1 aliphatic rings. The lowest BCUT2D eigenvalue weighted by atomic mass is 9.97. The first-order valence-corrected chi connectivity index (χ1v) is 8.82. The van der Waals surface area contributed by atoms with Gasteiger partial charge in [0.1, 0.15) is 5.75 Å². The third-order valence-electron chi connectivity index (χ3n) is 4.17. The van der Waals surface area contributed by atoms with E-state index in [0.717, 1.165) is 11.3 Å². The van der Waals surface area contributed by atoms with Crippen molar-refractivity contribution in [3.63, 3.8) is 0 Å². The van der Waals surface area contributed by atoms with Crippen molar-refractivity contribution >= 4 is 29.2 Å². The molecule has 1 N–H and O–H groups in total. The lowest BCUT2D eigenvalue weighted by molar-refractivity contribution is -0.149. The summed E-state index contributed by atoms with van der Waals surface area (Å²) in [4.78, 5) is 25.8. The van der Waals surface area contributed by atoms with E-state index in [4.69, 9.17) is 21.7 Å². The SMILES string of the molecule is CCOC(=O)C1CCN(C(=S)NC(=O)Cc2ccc(OC)cc2)CC1. The Morgan fingerprint density at radius 3 is 2.44 bits per heavy atom. The first-order chi connectivity index (χ1) is 12.0.